The number of aryl methyl sites for hydroxylation is 1. The molecular formula is C52H37N4S+. The van der Waals surface area contributed by atoms with Gasteiger partial charge in [0.25, 0.3) is 0 Å². The first-order valence-electron chi connectivity index (χ1n) is 19.1. The molecule has 0 amide bonds. The number of thiophene rings is 1. The van der Waals surface area contributed by atoms with Crippen molar-refractivity contribution in [1.29, 1.82) is 0 Å². The average Bonchev–Trinajstić information content (AvgIpc) is 3.99. The molecule has 0 saturated heterocycles. The summed E-state index contributed by atoms with van der Waals surface area (Å²) in [6, 6.07) is 57.7. The molecule has 0 unspecified atom stereocenters. The van der Waals surface area contributed by atoms with Gasteiger partial charge in [-0.2, -0.15) is 0 Å². The van der Waals surface area contributed by atoms with E-state index < -0.39 is 0 Å². The smallest absolute Gasteiger partial charge is 0.317 e. The highest BCUT2D eigenvalue weighted by atomic mass is 32.1. The summed E-state index contributed by atoms with van der Waals surface area (Å²) < 4.78 is 4.95. The number of nitrogens with zero attached hydrogens (tertiary/aromatic N) is 4. The van der Waals surface area contributed by atoms with Crippen LogP contribution in [0.4, 0.5) is 11.4 Å². The second-order valence-corrected chi connectivity index (χ2v) is 15.3. The van der Waals surface area contributed by atoms with Crippen molar-refractivity contribution < 1.29 is 4.79 Å². The number of rotatable bonds is 4. The van der Waals surface area contributed by atoms with E-state index in [0.29, 0.717) is 0 Å². The second-order valence-electron chi connectivity index (χ2n) is 14.3. The minimum absolute atomic E-state index is 0.921. The molecule has 0 N–H and O–H groups in total. The summed E-state index contributed by atoms with van der Waals surface area (Å²) >= 11 is 1.85. The van der Waals surface area contributed by atoms with Crippen LogP contribution in [0, 0.1) is 6.92 Å². The summed E-state index contributed by atoms with van der Waals surface area (Å²) in [5, 5.41) is 9.32. The number of hydrogen-bond donors (Lipinski definition) is 0. The van der Waals surface area contributed by atoms with Crippen LogP contribution in [0.2, 0.25) is 0 Å². The van der Waals surface area contributed by atoms with Gasteiger partial charge in [0.15, 0.2) is 5.70 Å². The summed E-state index contributed by atoms with van der Waals surface area (Å²) in [7, 11) is 0. The zero-order valence-electron chi connectivity index (χ0n) is 31.4. The van der Waals surface area contributed by atoms with E-state index in [2.05, 4.69) is 160 Å². The van der Waals surface area contributed by atoms with Crippen LogP contribution in [0.1, 0.15) is 22.3 Å². The third-order valence-electron chi connectivity index (χ3n) is 10.7. The first-order chi connectivity index (χ1) is 28.1. The van der Waals surface area contributed by atoms with E-state index in [0.717, 1.165) is 39.5 Å². The third-order valence-corrected chi connectivity index (χ3v) is 11.9. The molecule has 5 heteroatoms. The van der Waals surface area contributed by atoms with Crippen LogP contribution < -0.4 is 4.90 Å². The Morgan fingerprint density at radius 2 is 1.25 bits per heavy atom. The van der Waals surface area contributed by atoms with Crippen LogP contribution in [0.3, 0.4) is 0 Å². The summed E-state index contributed by atoms with van der Waals surface area (Å²) in [5.41, 5.74) is 13.4. The van der Waals surface area contributed by atoms with Crippen molar-refractivity contribution in [1.82, 2.24) is 4.57 Å². The number of allylic oxidation sites excluding steroid dienone is 5. The van der Waals surface area contributed by atoms with Gasteiger partial charge < -0.3 is 9.47 Å². The second kappa shape index (κ2) is 14.4. The van der Waals surface area contributed by atoms with Crippen molar-refractivity contribution in [3.05, 3.63) is 223 Å². The Morgan fingerprint density at radius 3 is 1.96 bits per heavy atom. The van der Waals surface area contributed by atoms with Gasteiger partial charge in [-0.1, -0.05) is 127 Å². The molecule has 0 bridgehead atoms. The fourth-order valence-electron chi connectivity index (χ4n) is 7.87. The lowest BCUT2D eigenvalue weighted by Crippen LogP contribution is -2.11. The Hall–Kier alpha value is -7.30. The lowest BCUT2D eigenvalue weighted by Gasteiger charge is -2.25. The molecule has 11 rings (SSSR count). The van der Waals surface area contributed by atoms with Crippen LogP contribution in [-0.4, -0.2) is 15.1 Å². The first-order valence-corrected chi connectivity index (χ1v) is 19.9. The summed E-state index contributed by atoms with van der Waals surface area (Å²) in [6.07, 6.45) is 10.5. The molecule has 0 aliphatic carbocycles. The average molecular weight is 750 g/mol. The molecule has 0 atom stereocenters. The zero-order valence-corrected chi connectivity index (χ0v) is 32.2. The summed E-state index contributed by atoms with van der Waals surface area (Å²) in [4.78, 5) is 6.49. The van der Waals surface area contributed by atoms with Crippen molar-refractivity contribution in [3.8, 4) is 5.69 Å². The number of hydrogen-bond acceptors (Lipinski definition) is 3. The van der Waals surface area contributed by atoms with Gasteiger partial charge >= 0.3 is 5.71 Å². The Morgan fingerprint density at radius 1 is 0.596 bits per heavy atom. The lowest BCUT2D eigenvalue weighted by atomic mass is 9.99. The van der Waals surface area contributed by atoms with Crippen molar-refractivity contribution in [2.24, 2.45) is 5.11 Å². The van der Waals surface area contributed by atoms with E-state index in [1.54, 1.807) is 0 Å². The van der Waals surface area contributed by atoms with Crippen molar-refractivity contribution in [3.63, 3.8) is 0 Å². The number of anilines is 2. The van der Waals surface area contributed by atoms with Gasteiger partial charge in [-0.15, -0.1) is 11.3 Å². The van der Waals surface area contributed by atoms with Gasteiger partial charge in [-0.3, -0.25) is 0 Å². The van der Waals surface area contributed by atoms with Crippen LogP contribution in [-0.2, 0) is 0 Å². The molecule has 2 aromatic heterocycles. The van der Waals surface area contributed by atoms with Crippen molar-refractivity contribution >= 4 is 81.7 Å². The van der Waals surface area contributed by atoms with Crippen molar-refractivity contribution in [2.75, 3.05) is 4.90 Å². The van der Waals surface area contributed by atoms with Crippen LogP contribution >= 0.6 is 11.3 Å². The molecule has 0 radical (unpaired) electrons. The van der Waals surface area contributed by atoms with Gasteiger partial charge in [0, 0.05) is 59.6 Å². The Kier molecular flexibility index (Phi) is 8.65. The molecule has 7 aromatic carbocycles. The van der Waals surface area contributed by atoms with Gasteiger partial charge in [0.05, 0.1) is 33.2 Å². The first kappa shape index (κ1) is 34.2. The SMILES string of the molecule is C1=C(c2ccccc2)N=[N+]=C1c1ccccc1.C=C1/C=C\C=C/N(c2ccc(C)cc2)c2ccc3c(sc4ccc(-n5c6ccccc6c6ccccc65)cc43)c21. The molecule has 0 saturated carbocycles. The predicted octanol–water partition coefficient (Wildman–Crippen LogP) is 13.9. The van der Waals surface area contributed by atoms with Gasteiger partial charge in [-0.05, 0) is 79.2 Å². The minimum Gasteiger partial charge on any atom is -0.317 e. The lowest BCUT2D eigenvalue weighted by molar-refractivity contribution is -0.0692. The standard InChI is InChI=1S/C37H26N2S.C15H11N2/c1-24-14-16-26(17-15-24)38-22-8-7-9-25(2)36-34(38)20-19-30-31-23-27(18-21-35(31)40-37(30)36)39-32-12-5-3-10-28(32)29-11-4-6-13-33(29)39;1-3-7-12(8-4-1)14-11-15(17-16-14)13-9-5-2-6-10-13/h3-23H,2H2,1H3;1-11H/q;+1/b9-7-,22-8-;. The van der Waals surface area contributed by atoms with E-state index in [1.165, 1.54) is 58.8 Å². The van der Waals surface area contributed by atoms with Crippen LogP contribution in [0.5, 0.6) is 0 Å². The number of benzene rings is 7. The Labute approximate surface area is 335 Å². The number of aromatic nitrogens is 1. The molecule has 9 aromatic rings. The Bertz CT molecular complexity index is 3120. The molecule has 2 aliphatic rings. The maximum absolute atomic E-state index is 4.50. The molecule has 4 heterocycles. The Balaban J connectivity index is 0.000000194. The topological polar surface area (TPSA) is 34.6 Å². The molecule has 0 spiro atoms. The van der Waals surface area contributed by atoms with Crippen LogP contribution in [0.15, 0.2) is 206 Å². The molecule has 57 heavy (non-hydrogen) atoms. The summed E-state index contributed by atoms with van der Waals surface area (Å²) in [5.74, 6) is 0. The summed E-state index contributed by atoms with van der Waals surface area (Å²) in [6.45, 7) is 6.63. The number of para-hydroxylation sites is 2. The van der Waals surface area contributed by atoms with Gasteiger partial charge in [0.2, 0.25) is 0 Å². The molecule has 2 aliphatic heterocycles. The van der Waals surface area contributed by atoms with Crippen molar-refractivity contribution in [2.45, 2.75) is 6.92 Å². The molecular weight excluding hydrogens is 713 g/mol. The molecule has 0 fully saturated rings. The minimum atomic E-state index is 0.921. The van der Waals surface area contributed by atoms with E-state index in [-0.39, 0.29) is 0 Å². The van der Waals surface area contributed by atoms with E-state index in [1.807, 2.05) is 78.1 Å². The molecule has 4 nitrogen and oxygen atoms in total. The van der Waals surface area contributed by atoms with E-state index >= 15 is 0 Å². The fourth-order valence-corrected chi connectivity index (χ4v) is 9.13. The maximum atomic E-state index is 4.50. The normalized spacial score (nSPS) is 14.5. The van der Waals surface area contributed by atoms with Gasteiger partial charge in [0.1, 0.15) is 5.11 Å². The fraction of sp³-hybridized carbons (Fsp3) is 0.0192. The monoisotopic (exact) mass is 749 g/mol. The third kappa shape index (κ3) is 6.22. The quantitative estimate of drug-likeness (QED) is 0.165. The zero-order chi connectivity index (χ0) is 38.3. The van der Waals surface area contributed by atoms with E-state index in [9.17, 15) is 0 Å². The highest BCUT2D eigenvalue weighted by Gasteiger charge is 2.22. The maximum Gasteiger partial charge on any atom is 0.375 e. The van der Waals surface area contributed by atoms with Gasteiger partial charge in [-0.25, -0.2) is 0 Å². The van der Waals surface area contributed by atoms with E-state index in [4.69, 9.17) is 0 Å². The van der Waals surface area contributed by atoms with Crippen LogP contribution in [0.25, 0.3) is 58.9 Å². The predicted molar refractivity (Wildman–Crippen MR) is 242 cm³/mol. The highest BCUT2D eigenvalue weighted by molar-refractivity contribution is 7.26. The largest absolute Gasteiger partial charge is 0.375 e. The number of fused-ring (bicyclic) bond motifs is 8. The molecule has 270 valence electrons. The highest BCUT2D eigenvalue weighted by Crippen LogP contribution is 2.45.